The standard InChI is InChI=1S/C12H20N2O2/c1-3-8-14(9-7-13)11(15)10-12(16-2)5-4-6-12/h3-6,8-10H2,1-2H3. The number of carbonyl (C=O) groups is 1. The van der Waals surface area contributed by atoms with Crippen LogP contribution >= 0.6 is 0 Å². The molecule has 16 heavy (non-hydrogen) atoms. The highest BCUT2D eigenvalue weighted by Gasteiger charge is 2.39. The van der Waals surface area contributed by atoms with E-state index >= 15 is 0 Å². The van der Waals surface area contributed by atoms with Crippen molar-refractivity contribution >= 4 is 5.91 Å². The molecule has 4 nitrogen and oxygen atoms in total. The van der Waals surface area contributed by atoms with Gasteiger partial charge in [0.25, 0.3) is 0 Å². The number of nitrogens with zero attached hydrogens (tertiary/aromatic N) is 2. The first-order valence-corrected chi connectivity index (χ1v) is 5.87. The molecule has 0 atom stereocenters. The second kappa shape index (κ2) is 5.86. The predicted molar refractivity (Wildman–Crippen MR) is 60.7 cm³/mol. The van der Waals surface area contributed by atoms with E-state index in [9.17, 15) is 4.79 Å². The van der Waals surface area contributed by atoms with E-state index in [2.05, 4.69) is 0 Å². The molecule has 1 aliphatic rings. The van der Waals surface area contributed by atoms with Gasteiger partial charge in [-0.15, -0.1) is 0 Å². The quantitative estimate of drug-likeness (QED) is 0.645. The van der Waals surface area contributed by atoms with E-state index in [0.29, 0.717) is 13.0 Å². The highest BCUT2D eigenvalue weighted by Crippen LogP contribution is 2.38. The zero-order valence-electron chi connectivity index (χ0n) is 10.2. The van der Waals surface area contributed by atoms with Crippen molar-refractivity contribution in [2.75, 3.05) is 20.2 Å². The summed E-state index contributed by atoms with van der Waals surface area (Å²) in [7, 11) is 1.67. The minimum absolute atomic E-state index is 0.0463. The minimum Gasteiger partial charge on any atom is -0.378 e. The normalized spacial score (nSPS) is 17.3. The number of methoxy groups -OCH3 is 1. The van der Waals surface area contributed by atoms with Crippen molar-refractivity contribution in [3.8, 4) is 6.07 Å². The molecule has 0 saturated heterocycles. The molecule has 1 amide bonds. The summed E-state index contributed by atoms with van der Waals surface area (Å²) >= 11 is 0. The highest BCUT2D eigenvalue weighted by atomic mass is 16.5. The fourth-order valence-corrected chi connectivity index (χ4v) is 2.06. The van der Waals surface area contributed by atoms with Gasteiger partial charge in [0.05, 0.1) is 18.1 Å². The molecule has 0 N–H and O–H groups in total. The Balaban J connectivity index is 2.51. The lowest BCUT2D eigenvalue weighted by atomic mass is 9.77. The van der Waals surface area contributed by atoms with Gasteiger partial charge in [-0.3, -0.25) is 4.79 Å². The Bertz CT molecular complexity index is 274. The van der Waals surface area contributed by atoms with E-state index in [1.165, 1.54) is 0 Å². The third-order valence-electron chi connectivity index (χ3n) is 3.28. The van der Waals surface area contributed by atoms with Crippen LogP contribution in [0.25, 0.3) is 0 Å². The molecule has 1 fully saturated rings. The molecule has 0 spiro atoms. The monoisotopic (exact) mass is 224 g/mol. The fraction of sp³-hybridized carbons (Fsp3) is 0.833. The second-order valence-electron chi connectivity index (χ2n) is 4.39. The second-order valence-corrected chi connectivity index (χ2v) is 4.39. The molecule has 1 saturated carbocycles. The summed E-state index contributed by atoms with van der Waals surface area (Å²) in [6.07, 6.45) is 4.36. The van der Waals surface area contributed by atoms with Crippen LogP contribution in [0.5, 0.6) is 0 Å². The maximum absolute atomic E-state index is 12.0. The van der Waals surface area contributed by atoms with Crippen LogP contribution in [0.15, 0.2) is 0 Å². The molecule has 0 aromatic carbocycles. The Morgan fingerprint density at radius 1 is 1.56 bits per heavy atom. The van der Waals surface area contributed by atoms with Crippen LogP contribution in [0.1, 0.15) is 39.0 Å². The van der Waals surface area contributed by atoms with Gasteiger partial charge in [-0.25, -0.2) is 0 Å². The molecule has 4 heteroatoms. The van der Waals surface area contributed by atoms with Crippen molar-refractivity contribution in [1.82, 2.24) is 4.90 Å². The van der Waals surface area contributed by atoms with Gasteiger partial charge in [-0.1, -0.05) is 6.92 Å². The summed E-state index contributed by atoms with van der Waals surface area (Å²) < 4.78 is 5.42. The third-order valence-corrected chi connectivity index (χ3v) is 3.28. The van der Waals surface area contributed by atoms with Crippen LogP contribution in [0.4, 0.5) is 0 Å². The minimum atomic E-state index is -0.238. The molecule has 0 radical (unpaired) electrons. The van der Waals surface area contributed by atoms with Crippen molar-refractivity contribution in [1.29, 1.82) is 5.26 Å². The molecular weight excluding hydrogens is 204 g/mol. The third kappa shape index (κ3) is 2.96. The number of carbonyl (C=O) groups excluding carboxylic acids is 1. The first-order valence-electron chi connectivity index (χ1n) is 5.87. The average molecular weight is 224 g/mol. The van der Waals surface area contributed by atoms with Crippen molar-refractivity contribution in [3.05, 3.63) is 0 Å². The molecule has 0 aromatic rings. The molecule has 0 unspecified atom stereocenters. The van der Waals surface area contributed by atoms with Gasteiger partial charge in [0.2, 0.25) is 5.91 Å². The number of hydrogen-bond acceptors (Lipinski definition) is 3. The van der Waals surface area contributed by atoms with Crippen molar-refractivity contribution < 1.29 is 9.53 Å². The van der Waals surface area contributed by atoms with Crippen molar-refractivity contribution in [3.63, 3.8) is 0 Å². The van der Waals surface area contributed by atoms with Crippen LogP contribution in [0.3, 0.4) is 0 Å². The molecule has 0 aromatic heterocycles. The number of hydrogen-bond donors (Lipinski definition) is 0. The Labute approximate surface area is 97.2 Å². The summed E-state index contributed by atoms with van der Waals surface area (Å²) in [4.78, 5) is 13.6. The van der Waals surface area contributed by atoms with E-state index < -0.39 is 0 Å². The molecular formula is C12H20N2O2. The fourth-order valence-electron chi connectivity index (χ4n) is 2.06. The van der Waals surface area contributed by atoms with Gasteiger partial charge in [-0.2, -0.15) is 5.26 Å². The molecule has 0 aliphatic heterocycles. The van der Waals surface area contributed by atoms with E-state index in [4.69, 9.17) is 10.00 Å². The first-order chi connectivity index (χ1) is 7.67. The van der Waals surface area contributed by atoms with Gasteiger partial charge in [0.15, 0.2) is 0 Å². The lowest BCUT2D eigenvalue weighted by Gasteiger charge is -2.40. The Morgan fingerprint density at radius 2 is 2.25 bits per heavy atom. The van der Waals surface area contributed by atoms with Gasteiger partial charge < -0.3 is 9.64 Å². The summed E-state index contributed by atoms with van der Waals surface area (Å²) in [6.45, 7) is 2.85. The zero-order valence-corrected chi connectivity index (χ0v) is 10.2. The maximum atomic E-state index is 12.0. The number of nitriles is 1. The predicted octanol–water partition coefficient (Wildman–Crippen LogP) is 1.71. The Morgan fingerprint density at radius 3 is 2.62 bits per heavy atom. The summed E-state index contributed by atoms with van der Waals surface area (Å²) in [5.41, 5.74) is -0.238. The molecule has 0 bridgehead atoms. The number of ether oxygens (including phenoxy) is 1. The van der Waals surface area contributed by atoms with E-state index in [-0.39, 0.29) is 18.1 Å². The number of rotatable bonds is 6. The highest BCUT2D eigenvalue weighted by molar-refractivity contribution is 5.77. The Hall–Kier alpha value is -1.08. The lowest BCUT2D eigenvalue weighted by molar-refractivity contribution is -0.143. The first kappa shape index (κ1) is 13.0. The van der Waals surface area contributed by atoms with Gasteiger partial charge in [0, 0.05) is 13.7 Å². The molecule has 90 valence electrons. The van der Waals surface area contributed by atoms with E-state index in [1.807, 2.05) is 13.0 Å². The largest absolute Gasteiger partial charge is 0.378 e. The topological polar surface area (TPSA) is 53.3 Å². The van der Waals surface area contributed by atoms with E-state index in [0.717, 1.165) is 25.7 Å². The molecule has 0 heterocycles. The van der Waals surface area contributed by atoms with Crippen LogP contribution in [-0.2, 0) is 9.53 Å². The van der Waals surface area contributed by atoms with Gasteiger partial charge in [0.1, 0.15) is 6.54 Å². The molecule has 1 aliphatic carbocycles. The van der Waals surface area contributed by atoms with Crippen LogP contribution in [0, 0.1) is 11.3 Å². The van der Waals surface area contributed by atoms with Gasteiger partial charge in [-0.05, 0) is 25.7 Å². The zero-order chi connectivity index (χ0) is 12.0. The summed E-state index contributed by atoms with van der Waals surface area (Å²) in [5, 5.41) is 8.66. The maximum Gasteiger partial charge on any atom is 0.226 e. The Kier molecular flexibility index (Phi) is 4.75. The van der Waals surface area contributed by atoms with Gasteiger partial charge >= 0.3 is 0 Å². The summed E-state index contributed by atoms with van der Waals surface area (Å²) in [6, 6.07) is 2.04. The van der Waals surface area contributed by atoms with Crippen LogP contribution in [0.2, 0.25) is 0 Å². The van der Waals surface area contributed by atoms with E-state index in [1.54, 1.807) is 12.0 Å². The number of amides is 1. The summed E-state index contributed by atoms with van der Waals surface area (Å²) in [5.74, 6) is 0.0463. The van der Waals surface area contributed by atoms with Crippen LogP contribution in [-0.4, -0.2) is 36.6 Å². The van der Waals surface area contributed by atoms with Crippen LogP contribution < -0.4 is 0 Å². The lowest BCUT2D eigenvalue weighted by Crippen LogP contribution is -2.45. The smallest absolute Gasteiger partial charge is 0.226 e. The van der Waals surface area contributed by atoms with Crippen molar-refractivity contribution in [2.24, 2.45) is 0 Å². The molecule has 1 rings (SSSR count). The van der Waals surface area contributed by atoms with Crippen molar-refractivity contribution in [2.45, 2.75) is 44.6 Å². The SMILES string of the molecule is CCCN(CC#N)C(=O)CC1(OC)CCC1. The average Bonchev–Trinajstić information content (AvgIpc) is 2.23.